The molecular formula is C14H10BrClN2O. The number of nitrogens with zero attached hydrogens (tertiary/aromatic N) is 1. The molecule has 2 rings (SSSR count). The minimum Gasteiger partial charge on any atom is -0.495 e. The van der Waals surface area contributed by atoms with E-state index < -0.39 is 0 Å². The van der Waals surface area contributed by atoms with E-state index >= 15 is 0 Å². The molecule has 2 aromatic rings. The molecule has 0 aliphatic carbocycles. The van der Waals surface area contributed by atoms with Gasteiger partial charge < -0.3 is 10.1 Å². The van der Waals surface area contributed by atoms with Crippen molar-refractivity contribution in [2.24, 2.45) is 0 Å². The van der Waals surface area contributed by atoms with Gasteiger partial charge in [0.15, 0.2) is 0 Å². The number of rotatable bonds is 3. The number of nitriles is 1. The normalized spacial score (nSPS) is 9.79. The first-order valence-corrected chi connectivity index (χ1v) is 6.61. The lowest BCUT2D eigenvalue weighted by atomic mass is 10.2. The van der Waals surface area contributed by atoms with Crippen LogP contribution in [0.1, 0.15) is 5.56 Å². The smallest absolute Gasteiger partial charge is 0.142 e. The quantitative estimate of drug-likeness (QED) is 0.881. The molecule has 0 saturated heterocycles. The first-order valence-electron chi connectivity index (χ1n) is 5.44. The fourth-order valence-electron chi connectivity index (χ4n) is 1.64. The predicted molar refractivity (Wildman–Crippen MR) is 80.1 cm³/mol. The van der Waals surface area contributed by atoms with Gasteiger partial charge in [-0.05, 0) is 36.4 Å². The third-order valence-electron chi connectivity index (χ3n) is 2.53. The van der Waals surface area contributed by atoms with E-state index in [0.29, 0.717) is 22.0 Å². The van der Waals surface area contributed by atoms with Crippen LogP contribution in [0.2, 0.25) is 5.02 Å². The number of hydrogen-bond acceptors (Lipinski definition) is 3. The molecule has 2 aromatic carbocycles. The molecule has 0 fully saturated rings. The van der Waals surface area contributed by atoms with Gasteiger partial charge in [-0.1, -0.05) is 27.5 Å². The molecule has 19 heavy (non-hydrogen) atoms. The van der Waals surface area contributed by atoms with Crippen LogP contribution in [-0.4, -0.2) is 7.11 Å². The summed E-state index contributed by atoms with van der Waals surface area (Å²) in [4.78, 5) is 0. The highest BCUT2D eigenvalue weighted by Gasteiger charge is 2.08. The van der Waals surface area contributed by atoms with Crippen molar-refractivity contribution in [1.82, 2.24) is 0 Å². The van der Waals surface area contributed by atoms with Crippen LogP contribution in [0.5, 0.6) is 5.75 Å². The number of benzene rings is 2. The van der Waals surface area contributed by atoms with Gasteiger partial charge in [0.05, 0.1) is 24.0 Å². The number of anilines is 2. The largest absolute Gasteiger partial charge is 0.495 e. The maximum atomic E-state index is 9.11. The average Bonchev–Trinajstić information content (AvgIpc) is 2.41. The van der Waals surface area contributed by atoms with E-state index in [-0.39, 0.29) is 0 Å². The number of methoxy groups -OCH3 is 1. The van der Waals surface area contributed by atoms with Gasteiger partial charge in [0.1, 0.15) is 11.8 Å². The van der Waals surface area contributed by atoms with E-state index in [1.807, 2.05) is 18.2 Å². The van der Waals surface area contributed by atoms with Crippen LogP contribution in [0.25, 0.3) is 0 Å². The van der Waals surface area contributed by atoms with Crippen molar-refractivity contribution in [3.8, 4) is 11.8 Å². The summed E-state index contributed by atoms with van der Waals surface area (Å²) in [5.74, 6) is 0.696. The summed E-state index contributed by atoms with van der Waals surface area (Å²) in [6, 6.07) is 12.8. The topological polar surface area (TPSA) is 45.0 Å². The minimum absolute atomic E-state index is 0.481. The Morgan fingerprint density at radius 2 is 2.00 bits per heavy atom. The Kier molecular flexibility index (Phi) is 4.31. The van der Waals surface area contributed by atoms with Gasteiger partial charge in [0.25, 0.3) is 0 Å². The lowest BCUT2D eigenvalue weighted by Gasteiger charge is -2.12. The molecule has 96 valence electrons. The Morgan fingerprint density at radius 3 is 2.68 bits per heavy atom. The molecule has 0 unspecified atom stereocenters. The van der Waals surface area contributed by atoms with E-state index in [0.717, 1.165) is 10.2 Å². The molecule has 0 aliphatic rings. The summed E-state index contributed by atoms with van der Waals surface area (Å²) < 4.78 is 6.20. The monoisotopic (exact) mass is 336 g/mol. The van der Waals surface area contributed by atoms with E-state index in [2.05, 4.69) is 27.3 Å². The summed E-state index contributed by atoms with van der Waals surface area (Å²) >= 11 is 9.28. The van der Waals surface area contributed by atoms with Crippen LogP contribution in [0.4, 0.5) is 11.4 Å². The van der Waals surface area contributed by atoms with E-state index in [1.54, 1.807) is 25.3 Å². The Bertz CT molecular complexity index is 652. The molecule has 0 aliphatic heterocycles. The van der Waals surface area contributed by atoms with Gasteiger partial charge in [-0.2, -0.15) is 5.26 Å². The minimum atomic E-state index is 0.481. The molecule has 0 heterocycles. The van der Waals surface area contributed by atoms with Crippen molar-refractivity contribution in [3.63, 3.8) is 0 Å². The Morgan fingerprint density at radius 1 is 1.21 bits per heavy atom. The molecular weight excluding hydrogens is 328 g/mol. The zero-order chi connectivity index (χ0) is 13.8. The number of halogens is 2. The van der Waals surface area contributed by atoms with E-state index in [4.69, 9.17) is 21.6 Å². The van der Waals surface area contributed by atoms with E-state index in [9.17, 15) is 0 Å². The summed E-state index contributed by atoms with van der Waals surface area (Å²) in [6.45, 7) is 0. The fraction of sp³-hybridized carbons (Fsp3) is 0.0714. The SMILES string of the molecule is COc1ccc(Br)cc1Nc1ccc(Cl)cc1C#N. The van der Waals surface area contributed by atoms with Crippen LogP contribution in [0.15, 0.2) is 40.9 Å². The molecule has 0 aromatic heterocycles. The van der Waals surface area contributed by atoms with Crippen LogP contribution in [-0.2, 0) is 0 Å². The van der Waals surface area contributed by atoms with Crippen LogP contribution in [0, 0.1) is 11.3 Å². The zero-order valence-corrected chi connectivity index (χ0v) is 12.4. The van der Waals surface area contributed by atoms with Gasteiger partial charge >= 0.3 is 0 Å². The van der Waals surface area contributed by atoms with Crippen LogP contribution in [0.3, 0.4) is 0 Å². The standard InChI is InChI=1S/C14H10BrClN2O/c1-19-14-5-2-10(15)7-13(14)18-12-4-3-11(16)6-9(12)8-17/h2-7,18H,1H3. The molecule has 0 radical (unpaired) electrons. The summed E-state index contributed by atoms with van der Waals surface area (Å²) in [6.07, 6.45) is 0. The highest BCUT2D eigenvalue weighted by molar-refractivity contribution is 9.10. The predicted octanol–water partition coefficient (Wildman–Crippen LogP) is 4.73. The van der Waals surface area contributed by atoms with Crippen molar-refractivity contribution in [3.05, 3.63) is 51.5 Å². The molecule has 0 atom stereocenters. The van der Waals surface area contributed by atoms with Gasteiger partial charge in [-0.25, -0.2) is 0 Å². The molecule has 3 nitrogen and oxygen atoms in total. The van der Waals surface area contributed by atoms with Crippen LogP contribution >= 0.6 is 27.5 Å². The maximum Gasteiger partial charge on any atom is 0.142 e. The first-order chi connectivity index (χ1) is 9.13. The molecule has 0 amide bonds. The lowest BCUT2D eigenvalue weighted by molar-refractivity contribution is 0.417. The highest BCUT2D eigenvalue weighted by atomic mass is 79.9. The second-order valence-corrected chi connectivity index (χ2v) is 5.12. The summed E-state index contributed by atoms with van der Waals surface area (Å²) in [5.41, 5.74) is 1.94. The first kappa shape index (κ1) is 13.7. The third kappa shape index (κ3) is 3.19. The lowest BCUT2D eigenvalue weighted by Crippen LogP contribution is -1.96. The average molecular weight is 338 g/mol. The molecule has 0 saturated carbocycles. The molecule has 0 bridgehead atoms. The van der Waals surface area contributed by atoms with Crippen molar-refractivity contribution in [2.45, 2.75) is 0 Å². The molecule has 1 N–H and O–H groups in total. The fourth-order valence-corrected chi connectivity index (χ4v) is 2.17. The second kappa shape index (κ2) is 5.96. The van der Waals surface area contributed by atoms with Gasteiger partial charge in [-0.15, -0.1) is 0 Å². The van der Waals surface area contributed by atoms with Gasteiger partial charge in [-0.3, -0.25) is 0 Å². The van der Waals surface area contributed by atoms with Gasteiger partial charge in [0, 0.05) is 9.50 Å². The Hall–Kier alpha value is -1.70. The van der Waals surface area contributed by atoms with Crippen molar-refractivity contribution in [1.29, 1.82) is 5.26 Å². The highest BCUT2D eigenvalue weighted by Crippen LogP contribution is 2.32. The zero-order valence-electron chi connectivity index (χ0n) is 10.1. The van der Waals surface area contributed by atoms with Crippen LogP contribution < -0.4 is 10.1 Å². The Labute approximate surface area is 124 Å². The molecule has 0 spiro atoms. The van der Waals surface area contributed by atoms with Crippen molar-refractivity contribution >= 4 is 38.9 Å². The summed E-state index contributed by atoms with van der Waals surface area (Å²) in [5, 5.41) is 12.8. The third-order valence-corrected chi connectivity index (χ3v) is 3.26. The Balaban J connectivity index is 2.41. The van der Waals surface area contributed by atoms with Crippen molar-refractivity contribution < 1.29 is 4.74 Å². The number of hydrogen-bond donors (Lipinski definition) is 1. The molecule has 5 heteroatoms. The van der Waals surface area contributed by atoms with Gasteiger partial charge in [0.2, 0.25) is 0 Å². The van der Waals surface area contributed by atoms with Crippen molar-refractivity contribution in [2.75, 3.05) is 12.4 Å². The maximum absolute atomic E-state index is 9.11. The number of nitrogens with one attached hydrogen (secondary N) is 1. The van der Waals surface area contributed by atoms with E-state index in [1.165, 1.54) is 0 Å². The second-order valence-electron chi connectivity index (χ2n) is 3.77. The summed E-state index contributed by atoms with van der Waals surface area (Å²) in [7, 11) is 1.60. The number of ether oxygens (including phenoxy) is 1.